The molecule has 0 fully saturated rings. The number of carbonyl (C=O) groups excluding carboxylic acids is 1. The molecular weight excluding hydrogens is 274 g/mol. The molecule has 0 bridgehead atoms. The van der Waals surface area contributed by atoms with Crippen molar-refractivity contribution < 1.29 is 10.0 Å². The number of benzene rings is 3. The van der Waals surface area contributed by atoms with E-state index < -0.39 is 5.91 Å². The van der Waals surface area contributed by atoms with Gasteiger partial charge in [-0.05, 0) is 34.4 Å². The second-order valence-corrected chi connectivity index (χ2v) is 4.93. The van der Waals surface area contributed by atoms with Crippen molar-refractivity contribution in [3.63, 3.8) is 0 Å². The van der Waals surface area contributed by atoms with Gasteiger partial charge in [0.2, 0.25) is 0 Å². The first-order chi connectivity index (χ1) is 10.8. The van der Waals surface area contributed by atoms with E-state index >= 15 is 0 Å². The molecule has 22 heavy (non-hydrogen) atoms. The molecule has 0 aliphatic rings. The van der Waals surface area contributed by atoms with Crippen LogP contribution in [-0.4, -0.2) is 11.1 Å². The lowest BCUT2D eigenvalue weighted by Gasteiger charge is -2.11. The molecule has 3 aromatic rings. The van der Waals surface area contributed by atoms with Crippen molar-refractivity contribution in [3.8, 4) is 22.3 Å². The number of nitrogens with one attached hydrogen (secondary N) is 1. The summed E-state index contributed by atoms with van der Waals surface area (Å²) in [6, 6.07) is 25.4. The smallest absolute Gasteiger partial charge is 0.274 e. The van der Waals surface area contributed by atoms with Crippen LogP contribution in [0.3, 0.4) is 0 Å². The first-order valence-electron chi connectivity index (χ1n) is 6.99. The minimum Gasteiger partial charge on any atom is -0.288 e. The summed E-state index contributed by atoms with van der Waals surface area (Å²) in [5.74, 6) is -0.515. The molecule has 3 aromatic carbocycles. The summed E-state index contributed by atoms with van der Waals surface area (Å²) in [7, 11) is 0. The van der Waals surface area contributed by atoms with E-state index in [-0.39, 0.29) is 0 Å². The van der Waals surface area contributed by atoms with Gasteiger partial charge in [-0.15, -0.1) is 0 Å². The molecule has 0 radical (unpaired) electrons. The first-order valence-corrected chi connectivity index (χ1v) is 6.99. The minimum absolute atomic E-state index is 0.419. The van der Waals surface area contributed by atoms with E-state index in [0.29, 0.717) is 5.56 Å². The van der Waals surface area contributed by atoms with Gasteiger partial charge in [0.15, 0.2) is 0 Å². The lowest BCUT2D eigenvalue weighted by atomic mass is 9.94. The Balaban J connectivity index is 2.12. The van der Waals surface area contributed by atoms with Gasteiger partial charge in [0.05, 0.1) is 0 Å². The zero-order chi connectivity index (χ0) is 15.4. The molecule has 3 nitrogen and oxygen atoms in total. The molecule has 108 valence electrons. The Morgan fingerprint density at radius 2 is 1.32 bits per heavy atom. The lowest BCUT2D eigenvalue weighted by molar-refractivity contribution is 0.0706. The molecule has 0 unspecified atom stereocenters. The maximum Gasteiger partial charge on any atom is 0.274 e. The zero-order valence-corrected chi connectivity index (χ0v) is 11.9. The molecule has 0 aromatic heterocycles. The van der Waals surface area contributed by atoms with Gasteiger partial charge in [-0.2, -0.15) is 0 Å². The van der Waals surface area contributed by atoms with Crippen molar-refractivity contribution in [2.45, 2.75) is 0 Å². The van der Waals surface area contributed by atoms with E-state index in [1.54, 1.807) is 17.6 Å². The fourth-order valence-corrected chi connectivity index (χ4v) is 2.50. The summed E-state index contributed by atoms with van der Waals surface area (Å²) in [4.78, 5) is 11.6. The maximum atomic E-state index is 11.6. The van der Waals surface area contributed by atoms with Crippen molar-refractivity contribution in [2.24, 2.45) is 0 Å². The van der Waals surface area contributed by atoms with Crippen LogP contribution in [-0.2, 0) is 0 Å². The van der Waals surface area contributed by atoms with Crippen LogP contribution in [0.25, 0.3) is 22.3 Å². The van der Waals surface area contributed by atoms with Crippen molar-refractivity contribution in [2.75, 3.05) is 0 Å². The van der Waals surface area contributed by atoms with Crippen LogP contribution in [0.2, 0.25) is 0 Å². The van der Waals surface area contributed by atoms with Gasteiger partial charge < -0.3 is 0 Å². The Hall–Kier alpha value is -2.91. The highest BCUT2D eigenvalue weighted by Gasteiger charge is 2.09. The third-order valence-electron chi connectivity index (χ3n) is 3.55. The van der Waals surface area contributed by atoms with E-state index in [9.17, 15) is 4.79 Å². The molecule has 0 saturated carbocycles. The summed E-state index contributed by atoms with van der Waals surface area (Å²) < 4.78 is 0. The van der Waals surface area contributed by atoms with Crippen LogP contribution in [0.1, 0.15) is 10.4 Å². The standard InChI is InChI=1S/C19H15NO2/c21-19(20-22)16-10-6-9-15(13-16)18-12-5-4-11-17(18)14-7-2-1-3-8-14/h1-13,22H,(H,20,21). The van der Waals surface area contributed by atoms with Gasteiger partial charge in [0, 0.05) is 5.56 Å². The second-order valence-electron chi connectivity index (χ2n) is 4.93. The highest BCUT2D eigenvalue weighted by molar-refractivity contribution is 5.95. The van der Waals surface area contributed by atoms with Crippen LogP contribution < -0.4 is 5.48 Å². The van der Waals surface area contributed by atoms with Gasteiger partial charge in [0.1, 0.15) is 0 Å². The molecule has 3 heteroatoms. The van der Waals surface area contributed by atoms with Crippen LogP contribution in [0.5, 0.6) is 0 Å². The zero-order valence-electron chi connectivity index (χ0n) is 11.9. The van der Waals surface area contributed by atoms with Crippen molar-refractivity contribution in [1.82, 2.24) is 5.48 Å². The summed E-state index contributed by atoms with van der Waals surface area (Å²) in [5.41, 5.74) is 6.28. The number of hydroxylamine groups is 1. The first kappa shape index (κ1) is 14.0. The molecule has 0 heterocycles. The fraction of sp³-hybridized carbons (Fsp3) is 0. The van der Waals surface area contributed by atoms with E-state index in [2.05, 4.69) is 18.2 Å². The van der Waals surface area contributed by atoms with E-state index in [1.807, 2.05) is 48.5 Å². The van der Waals surface area contributed by atoms with Crippen LogP contribution in [0, 0.1) is 0 Å². The average molecular weight is 289 g/mol. The summed E-state index contributed by atoms with van der Waals surface area (Å²) >= 11 is 0. The number of amides is 1. The summed E-state index contributed by atoms with van der Waals surface area (Å²) in [5, 5.41) is 8.78. The van der Waals surface area contributed by atoms with Crippen LogP contribution in [0.15, 0.2) is 78.9 Å². The van der Waals surface area contributed by atoms with Crippen molar-refractivity contribution in [1.29, 1.82) is 0 Å². The van der Waals surface area contributed by atoms with Crippen LogP contribution in [0.4, 0.5) is 0 Å². The highest BCUT2D eigenvalue weighted by Crippen LogP contribution is 2.32. The molecule has 0 spiro atoms. The normalized spacial score (nSPS) is 10.2. The molecule has 3 rings (SSSR count). The minimum atomic E-state index is -0.515. The third-order valence-corrected chi connectivity index (χ3v) is 3.55. The van der Waals surface area contributed by atoms with Gasteiger partial charge in [-0.3, -0.25) is 10.0 Å². The van der Waals surface area contributed by atoms with Gasteiger partial charge in [-0.25, -0.2) is 5.48 Å². The monoisotopic (exact) mass is 289 g/mol. The molecule has 2 N–H and O–H groups in total. The highest BCUT2D eigenvalue weighted by atomic mass is 16.5. The van der Waals surface area contributed by atoms with Gasteiger partial charge in [-0.1, -0.05) is 66.7 Å². The van der Waals surface area contributed by atoms with Crippen molar-refractivity contribution in [3.05, 3.63) is 84.4 Å². The number of carbonyl (C=O) groups is 1. The lowest BCUT2D eigenvalue weighted by Crippen LogP contribution is -2.18. The van der Waals surface area contributed by atoms with Crippen LogP contribution >= 0.6 is 0 Å². The second kappa shape index (κ2) is 6.24. The Morgan fingerprint density at radius 3 is 2.00 bits per heavy atom. The fourth-order valence-electron chi connectivity index (χ4n) is 2.50. The summed E-state index contributed by atoms with van der Waals surface area (Å²) in [6.07, 6.45) is 0. The SMILES string of the molecule is O=C(NO)c1cccc(-c2ccccc2-c2ccccc2)c1. The van der Waals surface area contributed by atoms with E-state index in [1.165, 1.54) is 0 Å². The predicted molar refractivity (Wildman–Crippen MR) is 86.6 cm³/mol. The molecule has 0 aliphatic carbocycles. The largest absolute Gasteiger partial charge is 0.288 e. The Morgan fingerprint density at radius 1 is 0.727 bits per heavy atom. The Bertz CT molecular complexity index is 797. The molecule has 0 atom stereocenters. The quantitative estimate of drug-likeness (QED) is 0.562. The Kier molecular flexibility index (Phi) is 3.99. The summed E-state index contributed by atoms with van der Waals surface area (Å²) in [6.45, 7) is 0. The molecule has 0 saturated heterocycles. The molecule has 1 amide bonds. The number of rotatable bonds is 3. The number of hydrogen-bond donors (Lipinski definition) is 2. The maximum absolute atomic E-state index is 11.6. The topological polar surface area (TPSA) is 49.3 Å². The Labute approximate surface area is 128 Å². The molecule has 0 aliphatic heterocycles. The average Bonchev–Trinajstić information content (AvgIpc) is 2.62. The van der Waals surface area contributed by atoms with E-state index in [0.717, 1.165) is 22.3 Å². The predicted octanol–water partition coefficient (Wildman–Crippen LogP) is 4.14. The van der Waals surface area contributed by atoms with Crippen molar-refractivity contribution >= 4 is 5.91 Å². The molecular formula is C19H15NO2. The number of hydrogen-bond acceptors (Lipinski definition) is 2. The van der Waals surface area contributed by atoms with Gasteiger partial charge >= 0.3 is 0 Å². The third kappa shape index (κ3) is 2.75. The van der Waals surface area contributed by atoms with Gasteiger partial charge in [0.25, 0.3) is 5.91 Å². The van der Waals surface area contributed by atoms with E-state index in [4.69, 9.17) is 5.21 Å².